The molecule has 0 fully saturated rings. The van der Waals surface area contributed by atoms with Crippen LogP contribution in [0.25, 0.3) is 0 Å². The van der Waals surface area contributed by atoms with Gasteiger partial charge in [0.05, 0.1) is 11.6 Å². The molecule has 2 aliphatic heterocycles. The molecule has 2 unspecified atom stereocenters. The standard InChI is InChI=1S/C21H23N3O6/c1-11-5-7-15-18(19(11)30-13(3)26)24(12(2)25)21(29-4)16-9-14(6-8-17(22)27)10-23(16)20(15)28/h5-8,10,16,21H,9H2,1-4H3,(H2,22,27). The lowest BCUT2D eigenvalue weighted by molar-refractivity contribution is -0.132. The lowest BCUT2D eigenvalue weighted by Crippen LogP contribution is -2.51. The van der Waals surface area contributed by atoms with Gasteiger partial charge in [-0.25, -0.2) is 0 Å². The maximum absolute atomic E-state index is 13.4. The lowest BCUT2D eigenvalue weighted by Gasteiger charge is -2.34. The maximum Gasteiger partial charge on any atom is 0.308 e. The van der Waals surface area contributed by atoms with Crippen molar-refractivity contribution < 1.29 is 28.7 Å². The molecule has 2 N–H and O–H groups in total. The van der Waals surface area contributed by atoms with Gasteiger partial charge in [0.25, 0.3) is 5.91 Å². The van der Waals surface area contributed by atoms with Crippen LogP contribution in [-0.4, -0.2) is 48.0 Å². The Hall–Kier alpha value is -3.46. The second-order valence-corrected chi connectivity index (χ2v) is 7.14. The van der Waals surface area contributed by atoms with Crippen LogP contribution >= 0.6 is 0 Å². The number of allylic oxidation sites excluding steroid dienone is 1. The number of anilines is 1. The van der Waals surface area contributed by atoms with Crippen molar-refractivity contribution in [2.75, 3.05) is 12.0 Å². The van der Waals surface area contributed by atoms with E-state index in [1.165, 1.54) is 42.9 Å². The summed E-state index contributed by atoms with van der Waals surface area (Å²) in [7, 11) is 1.44. The number of rotatable bonds is 4. The highest BCUT2D eigenvalue weighted by atomic mass is 16.5. The van der Waals surface area contributed by atoms with Gasteiger partial charge in [-0.1, -0.05) is 12.1 Å². The summed E-state index contributed by atoms with van der Waals surface area (Å²) in [5.41, 5.74) is 6.85. The molecule has 3 amide bonds. The Morgan fingerprint density at radius 2 is 1.93 bits per heavy atom. The van der Waals surface area contributed by atoms with E-state index in [0.717, 1.165) is 0 Å². The van der Waals surface area contributed by atoms with Crippen molar-refractivity contribution in [2.45, 2.75) is 39.5 Å². The molecule has 3 rings (SSSR count). The zero-order valence-electron chi connectivity index (χ0n) is 17.2. The molecule has 1 aromatic rings. The van der Waals surface area contributed by atoms with Crippen molar-refractivity contribution in [3.63, 3.8) is 0 Å². The van der Waals surface area contributed by atoms with Crippen LogP contribution < -0.4 is 15.4 Å². The molecule has 0 radical (unpaired) electrons. The fraction of sp³-hybridized carbons (Fsp3) is 0.333. The van der Waals surface area contributed by atoms with Crippen LogP contribution in [-0.2, 0) is 19.1 Å². The molecule has 2 aliphatic rings. The summed E-state index contributed by atoms with van der Waals surface area (Å²) in [4.78, 5) is 51.7. The summed E-state index contributed by atoms with van der Waals surface area (Å²) in [6.07, 6.45) is 3.85. The van der Waals surface area contributed by atoms with Gasteiger partial charge in [-0.3, -0.25) is 24.1 Å². The smallest absolute Gasteiger partial charge is 0.308 e. The molecular weight excluding hydrogens is 390 g/mol. The van der Waals surface area contributed by atoms with E-state index in [9.17, 15) is 19.2 Å². The van der Waals surface area contributed by atoms with E-state index < -0.39 is 24.1 Å². The number of carbonyl (C=O) groups is 4. The molecule has 0 saturated heterocycles. The molecule has 0 aromatic heterocycles. The molecule has 0 bridgehead atoms. The average molecular weight is 413 g/mol. The fourth-order valence-corrected chi connectivity index (χ4v) is 3.81. The number of hydrogen-bond acceptors (Lipinski definition) is 6. The molecule has 9 heteroatoms. The van der Waals surface area contributed by atoms with Gasteiger partial charge < -0.3 is 20.1 Å². The molecular formula is C21H23N3O6. The minimum absolute atomic E-state index is 0.143. The summed E-state index contributed by atoms with van der Waals surface area (Å²) < 4.78 is 11.1. The van der Waals surface area contributed by atoms with Gasteiger partial charge in [-0.05, 0) is 30.5 Å². The highest BCUT2D eigenvalue weighted by molar-refractivity contribution is 6.08. The van der Waals surface area contributed by atoms with Crippen LogP contribution in [0.5, 0.6) is 5.75 Å². The SMILES string of the molecule is COC1C2CC(C=CC(N)=O)=CN2C(=O)c2ccc(C)c(OC(C)=O)c2N1C(C)=O. The molecule has 0 spiro atoms. The third-order valence-electron chi connectivity index (χ3n) is 5.01. The minimum atomic E-state index is -0.848. The number of ether oxygens (including phenoxy) is 2. The third kappa shape index (κ3) is 3.71. The normalized spacial score (nSPS) is 20.5. The molecule has 158 valence electrons. The van der Waals surface area contributed by atoms with Gasteiger partial charge >= 0.3 is 5.97 Å². The van der Waals surface area contributed by atoms with Crippen molar-refractivity contribution in [1.29, 1.82) is 0 Å². The highest BCUT2D eigenvalue weighted by Crippen LogP contribution is 2.43. The van der Waals surface area contributed by atoms with Crippen LogP contribution in [0, 0.1) is 6.92 Å². The second kappa shape index (κ2) is 8.11. The van der Waals surface area contributed by atoms with Crippen molar-refractivity contribution >= 4 is 29.4 Å². The number of esters is 1. The highest BCUT2D eigenvalue weighted by Gasteiger charge is 2.45. The van der Waals surface area contributed by atoms with E-state index in [1.54, 1.807) is 25.3 Å². The largest absolute Gasteiger partial charge is 0.424 e. The number of primary amides is 1. The average Bonchev–Trinajstić information content (AvgIpc) is 3.05. The molecule has 2 atom stereocenters. The molecule has 0 aliphatic carbocycles. The van der Waals surface area contributed by atoms with Crippen LogP contribution in [0.15, 0.2) is 36.1 Å². The Morgan fingerprint density at radius 3 is 2.50 bits per heavy atom. The van der Waals surface area contributed by atoms with E-state index >= 15 is 0 Å². The number of fused-ring (bicyclic) bond motifs is 2. The van der Waals surface area contributed by atoms with Gasteiger partial charge in [-0.15, -0.1) is 0 Å². The van der Waals surface area contributed by atoms with Crippen LogP contribution in [0.3, 0.4) is 0 Å². The summed E-state index contributed by atoms with van der Waals surface area (Å²) in [6, 6.07) is 2.70. The summed E-state index contributed by atoms with van der Waals surface area (Å²) in [6.45, 7) is 4.33. The molecule has 9 nitrogen and oxygen atoms in total. The maximum atomic E-state index is 13.4. The van der Waals surface area contributed by atoms with E-state index in [2.05, 4.69) is 0 Å². The van der Waals surface area contributed by atoms with Gasteiger partial charge in [0.1, 0.15) is 5.69 Å². The molecule has 0 saturated carbocycles. The van der Waals surface area contributed by atoms with E-state index in [1.807, 2.05) is 0 Å². The Kier molecular flexibility index (Phi) is 5.75. The van der Waals surface area contributed by atoms with E-state index in [4.69, 9.17) is 15.2 Å². The minimum Gasteiger partial charge on any atom is -0.424 e. The first-order valence-corrected chi connectivity index (χ1v) is 9.31. The zero-order chi connectivity index (χ0) is 22.2. The van der Waals surface area contributed by atoms with Crippen molar-refractivity contribution in [1.82, 2.24) is 4.90 Å². The number of nitrogens with two attached hydrogens (primary N) is 1. The third-order valence-corrected chi connectivity index (χ3v) is 5.01. The van der Waals surface area contributed by atoms with Gasteiger partial charge in [0.2, 0.25) is 11.8 Å². The number of hydrogen-bond donors (Lipinski definition) is 1. The van der Waals surface area contributed by atoms with Gasteiger partial charge in [-0.2, -0.15) is 0 Å². The fourth-order valence-electron chi connectivity index (χ4n) is 3.81. The predicted molar refractivity (Wildman–Crippen MR) is 107 cm³/mol. The Morgan fingerprint density at radius 1 is 1.23 bits per heavy atom. The summed E-state index contributed by atoms with van der Waals surface area (Å²) in [5.74, 6) is -1.79. The van der Waals surface area contributed by atoms with E-state index in [-0.39, 0.29) is 28.8 Å². The predicted octanol–water partition coefficient (Wildman–Crippen LogP) is 1.40. The summed E-state index contributed by atoms with van der Waals surface area (Å²) in [5, 5.41) is 0. The molecule has 30 heavy (non-hydrogen) atoms. The van der Waals surface area contributed by atoms with Crippen LogP contribution in [0.1, 0.15) is 36.2 Å². The monoisotopic (exact) mass is 413 g/mol. The Labute approximate surface area is 173 Å². The topological polar surface area (TPSA) is 119 Å². The number of methoxy groups -OCH3 is 1. The second-order valence-electron chi connectivity index (χ2n) is 7.14. The van der Waals surface area contributed by atoms with Crippen molar-refractivity contribution in [3.8, 4) is 5.75 Å². The lowest BCUT2D eigenvalue weighted by atomic mass is 10.0. The number of amides is 3. The van der Waals surface area contributed by atoms with Crippen LogP contribution in [0.4, 0.5) is 5.69 Å². The van der Waals surface area contributed by atoms with Crippen LogP contribution in [0.2, 0.25) is 0 Å². The summed E-state index contributed by atoms with van der Waals surface area (Å²) >= 11 is 0. The Balaban J connectivity index is 2.23. The first kappa shape index (κ1) is 21.3. The Bertz CT molecular complexity index is 997. The van der Waals surface area contributed by atoms with Gasteiger partial charge in [0.15, 0.2) is 12.0 Å². The van der Waals surface area contributed by atoms with Gasteiger partial charge in [0, 0.05) is 33.2 Å². The quantitative estimate of drug-likeness (QED) is 0.453. The number of carbonyl (C=O) groups excluding carboxylic acids is 4. The number of aryl methyl sites for hydroxylation is 1. The number of benzene rings is 1. The first-order chi connectivity index (χ1) is 14.1. The molecule has 2 heterocycles. The molecule has 1 aromatic carbocycles. The first-order valence-electron chi connectivity index (χ1n) is 9.31. The zero-order valence-corrected chi connectivity index (χ0v) is 17.2. The van der Waals surface area contributed by atoms with Crippen molar-refractivity contribution in [2.24, 2.45) is 5.73 Å². The van der Waals surface area contributed by atoms with E-state index in [0.29, 0.717) is 17.6 Å². The van der Waals surface area contributed by atoms with Crippen molar-refractivity contribution in [3.05, 3.63) is 47.2 Å². The number of nitrogens with zero attached hydrogens (tertiary/aromatic N) is 2.